The largest absolute Gasteiger partial charge is 0.330 e. The van der Waals surface area contributed by atoms with Gasteiger partial charge in [-0.1, -0.05) is 6.07 Å². The Morgan fingerprint density at radius 2 is 1.67 bits per heavy atom. The second kappa shape index (κ2) is 7.53. The Hall–Kier alpha value is -2.65. The molecule has 3 heterocycles. The normalized spacial score (nSPS) is 15.3. The number of hydrogen-bond acceptors (Lipinski definition) is 6. The maximum atomic E-state index is 5.62. The van der Waals surface area contributed by atoms with E-state index in [4.69, 9.17) is 12.2 Å². The van der Waals surface area contributed by atoms with E-state index in [0.29, 0.717) is 11.4 Å². The third-order valence-corrected chi connectivity index (χ3v) is 5.15. The zero-order chi connectivity index (χ0) is 18.8. The zero-order valence-electron chi connectivity index (χ0n) is 15.5. The van der Waals surface area contributed by atoms with Crippen molar-refractivity contribution in [1.82, 2.24) is 29.8 Å². The molecule has 1 N–H and O–H groups in total. The number of rotatable bonds is 4. The van der Waals surface area contributed by atoms with Crippen molar-refractivity contribution in [2.45, 2.75) is 20.5 Å². The monoisotopic (exact) mass is 383 g/mol. The van der Waals surface area contributed by atoms with Gasteiger partial charge in [0, 0.05) is 12.4 Å². The van der Waals surface area contributed by atoms with E-state index in [1.54, 1.807) is 17.1 Å². The van der Waals surface area contributed by atoms with Gasteiger partial charge in [-0.25, -0.2) is 9.97 Å². The summed E-state index contributed by atoms with van der Waals surface area (Å²) < 4.78 is 4.18. The number of benzene rings is 1. The standard InChI is InChI=1S/C18H22N8S/c1-14-10-15(2)12-16(11-14)26-18(27)25(21-22-26)13-23-6-8-24(9-7-23)17-19-4-3-5-20-17/h3-5,10-12H,6-9,13H2,1-2H3/p+1. The van der Waals surface area contributed by atoms with Crippen molar-refractivity contribution < 1.29 is 4.90 Å². The number of quaternary nitrogens is 1. The Morgan fingerprint density at radius 1 is 1.00 bits per heavy atom. The molecular formula is C18H23N8S+. The lowest BCUT2D eigenvalue weighted by Gasteiger charge is -2.31. The minimum atomic E-state index is 0.626. The molecule has 8 nitrogen and oxygen atoms in total. The molecule has 1 fully saturated rings. The van der Waals surface area contributed by atoms with Crippen molar-refractivity contribution in [2.75, 3.05) is 31.1 Å². The van der Waals surface area contributed by atoms with Crippen molar-refractivity contribution in [2.24, 2.45) is 0 Å². The lowest BCUT2D eigenvalue weighted by Crippen LogP contribution is -3.14. The molecule has 140 valence electrons. The molecule has 0 saturated carbocycles. The second-order valence-electron chi connectivity index (χ2n) is 6.96. The Bertz CT molecular complexity index is 952. The van der Waals surface area contributed by atoms with Gasteiger partial charge < -0.3 is 9.80 Å². The molecule has 0 amide bonds. The van der Waals surface area contributed by atoms with E-state index < -0.39 is 0 Å². The number of aryl methyl sites for hydroxylation is 2. The summed E-state index contributed by atoms with van der Waals surface area (Å²) in [5, 5.41) is 8.57. The van der Waals surface area contributed by atoms with Crippen LogP contribution in [0.5, 0.6) is 0 Å². The first-order valence-electron chi connectivity index (χ1n) is 9.07. The molecule has 2 aromatic heterocycles. The predicted octanol–water partition coefficient (Wildman–Crippen LogP) is 0.568. The summed E-state index contributed by atoms with van der Waals surface area (Å²) in [6.07, 6.45) is 3.57. The van der Waals surface area contributed by atoms with Gasteiger partial charge in [-0.2, -0.15) is 9.36 Å². The fourth-order valence-electron chi connectivity index (χ4n) is 3.46. The second-order valence-corrected chi connectivity index (χ2v) is 7.33. The molecule has 3 aromatic rings. The van der Waals surface area contributed by atoms with Crippen LogP contribution >= 0.6 is 12.2 Å². The van der Waals surface area contributed by atoms with Gasteiger partial charge in [0.2, 0.25) is 10.7 Å². The summed E-state index contributed by atoms with van der Waals surface area (Å²) in [6.45, 7) is 8.66. The summed E-state index contributed by atoms with van der Waals surface area (Å²) in [5.41, 5.74) is 3.34. The van der Waals surface area contributed by atoms with Gasteiger partial charge in [0.15, 0.2) is 6.67 Å². The van der Waals surface area contributed by atoms with Gasteiger partial charge >= 0.3 is 0 Å². The Balaban J connectivity index is 1.44. The van der Waals surface area contributed by atoms with Crippen molar-refractivity contribution in [1.29, 1.82) is 0 Å². The van der Waals surface area contributed by atoms with Gasteiger partial charge in [0.1, 0.15) is 0 Å². The molecule has 0 atom stereocenters. The lowest BCUT2D eigenvalue weighted by molar-refractivity contribution is -0.924. The molecule has 9 heteroatoms. The smallest absolute Gasteiger partial charge is 0.225 e. The van der Waals surface area contributed by atoms with Crippen LogP contribution in [0.2, 0.25) is 0 Å². The molecule has 0 spiro atoms. The van der Waals surface area contributed by atoms with Crippen molar-refractivity contribution in [3.63, 3.8) is 0 Å². The van der Waals surface area contributed by atoms with E-state index in [-0.39, 0.29) is 0 Å². The Morgan fingerprint density at radius 3 is 2.33 bits per heavy atom. The highest BCUT2D eigenvalue weighted by Crippen LogP contribution is 2.12. The van der Waals surface area contributed by atoms with Gasteiger partial charge in [-0.15, -0.1) is 0 Å². The number of nitrogens with zero attached hydrogens (tertiary/aromatic N) is 7. The molecule has 4 rings (SSSR count). The van der Waals surface area contributed by atoms with Crippen LogP contribution in [-0.2, 0) is 6.67 Å². The van der Waals surface area contributed by atoms with Crippen LogP contribution in [0.1, 0.15) is 11.1 Å². The van der Waals surface area contributed by atoms with Crippen LogP contribution in [0.25, 0.3) is 5.69 Å². The van der Waals surface area contributed by atoms with Crippen LogP contribution in [0.3, 0.4) is 0 Å². The van der Waals surface area contributed by atoms with E-state index in [1.807, 2.05) is 10.7 Å². The first-order valence-corrected chi connectivity index (χ1v) is 9.48. The minimum absolute atomic E-state index is 0.626. The van der Waals surface area contributed by atoms with Crippen LogP contribution in [0.4, 0.5) is 5.95 Å². The van der Waals surface area contributed by atoms with Crippen LogP contribution in [0.15, 0.2) is 36.7 Å². The number of nitrogens with one attached hydrogen (secondary N) is 1. The summed E-state index contributed by atoms with van der Waals surface area (Å²) in [5.74, 6) is 0.800. The minimum Gasteiger partial charge on any atom is -0.330 e. The summed E-state index contributed by atoms with van der Waals surface area (Å²) in [7, 11) is 0. The van der Waals surface area contributed by atoms with E-state index in [9.17, 15) is 0 Å². The van der Waals surface area contributed by atoms with E-state index in [0.717, 1.165) is 37.8 Å². The van der Waals surface area contributed by atoms with Crippen molar-refractivity contribution in [3.8, 4) is 5.69 Å². The number of aromatic nitrogens is 6. The SMILES string of the molecule is Cc1cc(C)cc(-n2nnn(C[NH+]3CCN(c4ncccn4)CC3)c2=S)c1. The van der Waals surface area contributed by atoms with Gasteiger partial charge in [-0.05, 0) is 65.8 Å². The van der Waals surface area contributed by atoms with Crippen LogP contribution in [-0.4, -0.2) is 55.9 Å². The Kier molecular flexibility index (Phi) is 4.95. The average Bonchev–Trinajstić information content (AvgIpc) is 3.03. The number of anilines is 1. The molecule has 27 heavy (non-hydrogen) atoms. The lowest BCUT2D eigenvalue weighted by atomic mass is 10.1. The van der Waals surface area contributed by atoms with Gasteiger partial charge in [0.25, 0.3) is 0 Å². The maximum Gasteiger partial charge on any atom is 0.225 e. The Labute approximate surface area is 163 Å². The fraction of sp³-hybridized carbons (Fsp3) is 0.389. The molecule has 0 unspecified atom stereocenters. The quantitative estimate of drug-likeness (QED) is 0.665. The van der Waals surface area contributed by atoms with E-state index in [2.05, 4.69) is 57.3 Å². The third kappa shape index (κ3) is 3.88. The van der Waals surface area contributed by atoms with Gasteiger partial charge in [-0.3, -0.25) is 0 Å². The van der Waals surface area contributed by atoms with Gasteiger partial charge in [0.05, 0.1) is 31.9 Å². The molecule has 1 aliphatic rings. The summed E-state index contributed by atoms with van der Waals surface area (Å²) >= 11 is 5.62. The molecular weight excluding hydrogens is 360 g/mol. The fourth-order valence-corrected chi connectivity index (χ4v) is 3.70. The van der Waals surface area contributed by atoms with Crippen molar-refractivity contribution >= 4 is 18.2 Å². The summed E-state index contributed by atoms with van der Waals surface area (Å²) in [4.78, 5) is 12.3. The first-order chi connectivity index (χ1) is 13.1. The highest BCUT2D eigenvalue weighted by Gasteiger charge is 2.22. The molecule has 1 aromatic carbocycles. The molecule has 1 aliphatic heterocycles. The number of tetrazole rings is 1. The zero-order valence-corrected chi connectivity index (χ0v) is 16.4. The maximum absolute atomic E-state index is 5.62. The van der Waals surface area contributed by atoms with E-state index in [1.165, 1.54) is 16.0 Å². The topological polar surface area (TPSA) is 69.1 Å². The van der Waals surface area contributed by atoms with Crippen LogP contribution in [0, 0.1) is 18.6 Å². The van der Waals surface area contributed by atoms with E-state index >= 15 is 0 Å². The van der Waals surface area contributed by atoms with Crippen LogP contribution < -0.4 is 9.80 Å². The highest BCUT2D eigenvalue weighted by atomic mass is 32.1. The molecule has 0 aliphatic carbocycles. The highest BCUT2D eigenvalue weighted by molar-refractivity contribution is 7.71. The molecule has 1 saturated heterocycles. The number of hydrogen-bond donors (Lipinski definition) is 1. The predicted molar refractivity (Wildman–Crippen MR) is 105 cm³/mol. The average molecular weight is 384 g/mol. The molecule has 0 radical (unpaired) electrons. The number of piperazine rings is 1. The molecule has 0 bridgehead atoms. The third-order valence-electron chi connectivity index (χ3n) is 4.77. The van der Waals surface area contributed by atoms with Crippen molar-refractivity contribution in [3.05, 3.63) is 52.6 Å². The first kappa shape index (κ1) is 17.7. The summed E-state index contributed by atoms with van der Waals surface area (Å²) in [6, 6.07) is 8.13.